The summed E-state index contributed by atoms with van der Waals surface area (Å²) in [4.78, 5) is 43.4. The lowest BCUT2D eigenvalue weighted by molar-refractivity contribution is -0.119. The summed E-state index contributed by atoms with van der Waals surface area (Å²) < 4.78 is 0. The second kappa shape index (κ2) is 8.85. The van der Waals surface area contributed by atoms with Gasteiger partial charge in [0.25, 0.3) is 5.91 Å². The van der Waals surface area contributed by atoms with Gasteiger partial charge in [0.1, 0.15) is 0 Å². The maximum absolute atomic E-state index is 13.1. The number of hydrogen-bond acceptors (Lipinski definition) is 4. The van der Waals surface area contributed by atoms with E-state index in [-0.39, 0.29) is 11.7 Å². The van der Waals surface area contributed by atoms with Crippen molar-refractivity contribution in [3.63, 3.8) is 0 Å². The fourth-order valence-corrected chi connectivity index (χ4v) is 3.52. The first-order valence-corrected chi connectivity index (χ1v) is 10.1. The molecular weight excluding hydrogens is 404 g/mol. The maximum atomic E-state index is 13.1. The largest absolute Gasteiger partial charge is 0.321 e. The molecular formula is C25H22N4O3. The molecule has 0 radical (unpaired) electrons. The van der Waals surface area contributed by atoms with E-state index >= 15 is 0 Å². The molecule has 0 fully saturated rings. The van der Waals surface area contributed by atoms with E-state index in [4.69, 9.17) is 0 Å². The number of benzodiazepines with no additional fused rings is 1. The Hall–Kier alpha value is -4.26. The zero-order valence-corrected chi connectivity index (χ0v) is 17.7. The van der Waals surface area contributed by atoms with Crippen LogP contribution in [-0.4, -0.2) is 36.6 Å². The number of carbonyl (C=O) groups excluding carboxylic acids is 3. The lowest BCUT2D eigenvalue weighted by Crippen LogP contribution is -2.47. The Bertz CT molecular complexity index is 1200. The molecule has 1 heterocycles. The van der Waals surface area contributed by atoms with E-state index in [0.717, 1.165) is 11.1 Å². The van der Waals surface area contributed by atoms with Crippen molar-refractivity contribution in [3.05, 3.63) is 95.6 Å². The monoisotopic (exact) mass is 426 g/mol. The highest BCUT2D eigenvalue weighted by molar-refractivity contribution is 6.20. The maximum Gasteiger partial charge on any atom is 0.321 e. The number of nitrogens with one attached hydrogen (secondary N) is 2. The van der Waals surface area contributed by atoms with Gasteiger partial charge in [-0.15, -0.1) is 0 Å². The molecule has 160 valence electrons. The average molecular weight is 426 g/mol. The minimum Gasteiger partial charge on any atom is -0.311 e. The van der Waals surface area contributed by atoms with Gasteiger partial charge in [0.15, 0.2) is 5.78 Å². The Morgan fingerprint density at radius 2 is 1.56 bits per heavy atom. The van der Waals surface area contributed by atoms with E-state index in [0.29, 0.717) is 22.6 Å². The zero-order valence-electron chi connectivity index (χ0n) is 17.7. The number of nitrogens with zero attached hydrogens (tertiary/aromatic N) is 2. The SMILES string of the molecule is CC(=O)c1ccc(NC(=O)N[C@@H]2N=C(c3ccccc3)c3ccccc3N(C)C2=O)cc1. The summed E-state index contributed by atoms with van der Waals surface area (Å²) in [5.41, 5.74) is 4.03. The second-order valence-electron chi connectivity index (χ2n) is 7.39. The molecule has 0 aliphatic carbocycles. The predicted molar refractivity (Wildman–Crippen MR) is 124 cm³/mol. The molecule has 0 bridgehead atoms. The molecule has 1 aliphatic heterocycles. The fourth-order valence-electron chi connectivity index (χ4n) is 3.52. The van der Waals surface area contributed by atoms with Crippen molar-refractivity contribution in [3.8, 4) is 0 Å². The van der Waals surface area contributed by atoms with E-state index in [1.807, 2.05) is 54.6 Å². The van der Waals surface area contributed by atoms with E-state index in [9.17, 15) is 14.4 Å². The molecule has 2 N–H and O–H groups in total. The Kier molecular flexibility index (Phi) is 5.81. The number of aliphatic imine (C=N–C) groups is 1. The quantitative estimate of drug-likeness (QED) is 0.621. The summed E-state index contributed by atoms with van der Waals surface area (Å²) in [5.74, 6) is -0.416. The van der Waals surface area contributed by atoms with E-state index < -0.39 is 12.2 Å². The van der Waals surface area contributed by atoms with Crippen LogP contribution < -0.4 is 15.5 Å². The van der Waals surface area contributed by atoms with Crippen molar-refractivity contribution in [2.75, 3.05) is 17.3 Å². The van der Waals surface area contributed by atoms with Gasteiger partial charge in [-0.1, -0.05) is 48.5 Å². The van der Waals surface area contributed by atoms with Crippen LogP contribution in [0, 0.1) is 0 Å². The molecule has 3 aromatic carbocycles. The van der Waals surface area contributed by atoms with Gasteiger partial charge in [-0.3, -0.25) is 9.59 Å². The third-order valence-corrected chi connectivity index (χ3v) is 5.21. The van der Waals surface area contributed by atoms with Crippen molar-refractivity contribution in [1.29, 1.82) is 0 Å². The van der Waals surface area contributed by atoms with Gasteiger partial charge in [-0.2, -0.15) is 0 Å². The lowest BCUT2D eigenvalue weighted by Gasteiger charge is -2.21. The number of fused-ring (bicyclic) bond motifs is 1. The van der Waals surface area contributed by atoms with Crippen molar-refractivity contribution in [2.24, 2.45) is 4.99 Å². The van der Waals surface area contributed by atoms with Crippen molar-refractivity contribution >= 4 is 34.8 Å². The number of para-hydroxylation sites is 1. The summed E-state index contributed by atoms with van der Waals surface area (Å²) in [6.45, 7) is 1.48. The highest BCUT2D eigenvalue weighted by Crippen LogP contribution is 2.27. The first-order chi connectivity index (χ1) is 15.4. The molecule has 0 aromatic heterocycles. The van der Waals surface area contributed by atoms with Crippen LogP contribution in [0.1, 0.15) is 28.4 Å². The number of benzene rings is 3. The molecule has 1 atom stereocenters. The number of ketones is 1. The molecule has 1 aliphatic rings. The Morgan fingerprint density at radius 3 is 2.25 bits per heavy atom. The molecule has 7 nitrogen and oxygen atoms in total. The van der Waals surface area contributed by atoms with Crippen LogP contribution in [0.15, 0.2) is 83.9 Å². The lowest BCUT2D eigenvalue weighted by atomic mass is 10.0. The Morgan fingerprint density at radius 1 is 0.906 bits per heavy atom. The minimum atomic E-state index is -1.11. The standard InChI is InChI=1S/C25H22N4O3/c1-16(30)17-12-14-19(15-13-17)26-25(32)28-23-24(31)29(2)21-11-7-6-10-20(21)22(27-23)18-8-4-3-5-9-18/h3-15,23H,1-2H3,(H2,26,28,32)/t23-/m0/s1. The highest BCUT2D eigenvalue weighted by Gasteiger charge is 2.30. The Balaban J connectivity index is 1.63. The van der Waals surface area contributed by atoms with Crippen LogP contribution in [0.25, 0.3) is 0 Å². The van der Waals surface area contributed by atoms with Crippen molar-refractivity contribution < 1.29 is 14.4 Å². The third kappa shape index (κ3) is 4.27. The van der Waals surface area contributed by atoms with Gasteiger partial charge < -0.3 is 15.5 Å². The normalized spacial score (nSPS) is 15.3. The number of hydrogen-bond donors (Lipinski definition) is 2. The first kappa shape index (κ1) is 21.0. The predicted octanol–water partition coefficient (Wildman–Crippen LogP) is 3.85. The second-order valence-corrected chi connectivity index (χ2v) is 7.39. The number of anilines is 2. The van der Waals surface area contributed by atoms with E-state index in [2.05, 4.69) is 15.6 Å². The van der Waals surface area contributed by atoms with Crippen LogP contribution in [0.4, 0.5) is 16.2 Å². The summed E-state index contributed by atoms with van der Waals surface area (Å²) >= 11 is 0. The summed E-state index contributed by atoms with van der Waals surface area (Å²) in [6, 6.07) is 23.0. The van der Waals surface area contributed by atoms with Gasteiger partial charge >= 0.3 is 6.03 Å². The minimum absolute atomic E-state index is 0.0598. The summed E-state index contributed by atoms with van der Waals surface area (Å²) in [6.07, 6.45) is -1.11. The molecule has 0 spiro atoms. The number of amides is 3. The first-order valence-electron chi connectivity index (χ1n) is 10.1. The zero-order chi connectivity index (χ0) is 22.7. The molecule has 0 unspecified atom stereocenters. The molecule has 4 rings (SSSR count). The average Bonchev–Trinajstić information content (AvgIpc) is 2.91. The fraction of sp³-hybridized carbons (Fsp3) is 0.120. The van der Waals surface area contributed by atoms with E-state index in [1.165, 1.54) is 11.8 Å². The van der Waals surface area contributed by atoms with Crippen LogP contribution >= 0.6 is 0 Å². The highest BCUT2D eigenvalue weighted by atomic mass is 16.2. The van der Waals surface area contributed by atoms with Crippen LogP contribution in [0.5, 0.6) is 0 Å². The Labute approximate surface area is 185 Å². The van der Waals surface area contributed by atoms with Gasteiger partial charge in [0.2, 0.25) is 6.17 Å². The number of Topliss-reactive ketones (excluding diaryl/α,β-unsaturated/α-hetero) is 1. The smallest absolute Gasteiger partial charge is 0.311 e. The van der Waals surface area contributed by atoms with Gasteiger partial charge in [0, 0.05) is 29.4 Å². The van der Waals surface area contributed by atoms with Crippen molar-refractivity contribution in [1.82, 2.24) is 5.32 Å². The van der Waals surface area contributed by atoms with Crippen molar-refractivity contribution in [2.45, 2.75) is 13.1 Å². The number of likely N-dealkylation sites (N-methyl/N-ethyl adjacent to an activating group) is 1. The number of urea groups is 1. The molecule has 7 heteroatoms. The molecule has 0 saturated carbocycles. The van der Waals surface area contributed by atoms with Crippen LogP contribution in [-0.2, 0) is 4.79 Å². The molecule has 3 aromatic rings. The van der Waals surface area contributed by atoms with E-state index in [1.54, 1.807) is 31.3 Å². The van der Waals surface area contributed by atoms with Gasteiger partial charge in [-0.25, -0.2) is 9.79 Å². The summed E-state index contributed by atoms with van der Waals surface area (Å²) in [7, 11) is 1.66. The number of rotatable bonds is 4. The van der Waals surface area contributed by atoms with Crippen LogP contribution in [0.2, 0.25) is 0 Å². The van der Waals surface area contributed by atoms with Gasteiger partial charge in [-0.05, 0) is 37.3 Å². The topological polar surface area (TPSA) is 90.9 Å². The third-order valence-electron chi connectivity index (χ3n) is 5.21. The van der Waals surface area contributed by atoms with Gasteiger partial charge in [0.05, 0.1) is 11.4 Å². The molecule has 0 saturated heterocycles. The number of carbonyl (C=O) groups is 3. The molecule has 3 amide bonds. The van der Waals surface area contributed by atoms with Crippen LogP contribution in [0.3, 0.4) is 0 Å². The summed E-state index contributed by atoms with van der Waals surface area (Å²) in [5, 5.41) is 5.35. The molecule has 32 heavy (non-hydrogen) atoms.